The van der Waals surface area contributed by atoms with Crippen LogP contribution in [0, 0.1) is 0 Å². The molecule has 0 bridgehead atoms. The van der Waals surface area contributed by atoms with Crippen LogP contribution in [0.5, 0.6) is 0 Å². The van der Waals surface area contributed by atoms with Crippen molar-refractivity contribution < 1.29 is 25.9 Å². The van der Waals surface area contributed by atoms with Crippen LogP contribution in [0.25, 0.3) is 21.5 Å². The van der Waals surface area contributed by atoms with Gasteiger partial charge in [-0.25, -0.2) is 16.8 Å². The molecule has 0 atom stereocenters. The van der Waals surface area contributed by atoms with Crippen molar-refractivity contribution in [1.29, 1.82) is 0 Å². The zero-order chi connectivity index (χ0) is 55.0. The Kier molecular flexibility index (Phi) is 41.9. The molecule has 0 spiro atoms. The molecule has 4 aromatic rings. The maximum absolute atomic E-state index is 12.1. The van der Waals surface area contributed by atoms with Crippen molar-refractivity contribution >= 4 is 79.5 Å². The summed E-state index contributed by atoms with van der Waals surface area (Å²) in [5.41, 5.74) is 4.69. The Bertz CT molecular complexity index is 2160. The summed E-state index contributed by atoms with van der Waals surface area (Å²) in [4.78, 5) is -0.0796. The van der Waals surface area contributed by atoms with Crippen LogP contribution in [0.3, 0.4) is 0 Å². The summed E-state index contributed by atoms with van der Waals surface area (Å²) < 4.78 is 72.8. The summed E-state index contributed by atoms with van der Waals surface area (Å²) in [5, 5.41) is 3.11. The summed E-state index contributed by atoms with van der Waals surface area (Å²) in [5.74, 6) is 0. The number of benzene rings is 4. The van der Waals surface area contributed by atoms with Crippen molar-refractivity contribution in [3.8, 4) is 0 Å². The van der Waals surface area contributed by atoms with E-state index in [0.717, 1.165) is 73.3 Å². The molecule has 6 nitrogen and oxygen atoms in total. The molecule has 0 saturated carbocycles. The van der Waals surface area contributed by atoms with Crippen LogP contribution in [-0.2, 0) is 45.9 Å². The van der Waals surface area contributed by atoms with Gasteiger partial charge in [0.15, 0.2) is 0 Å². The van der Waals surface area contributed by atoms with E-state index >= 15 is 0 Å². The third-order valence-electron chi connectivity index (χ3n) is 16.1. The van der Waals surface area contributed by atoms with Crippen molar-refractivity contribution in [2.45, 2.75) is 320 Å². The minimum absolute atomic E-state index is 0. The van der Waals surface area contributed by atoms with E-state index in [4.69, 9.17) is 0 Å². The van der Waals surface area contributed by atoms with E-state index in [2.05, 4.69) is 27.7 Å². The third kappa shape index (κ3) is 30.9. The van der Waals surface area contributed by atoms with E-state index in [1.54, 1.807) is 24.3 Å². The molecule has 9 heteroatoms. The van der Waals surface area contributed by atoms with Gasteiger partial charge >= 0.3 is 37.7 Å². The Morgan fingerprint density at radius 2 is 0.481 bits per heavy atom. The fraction of sp³-hybridized carbons (Fsp3) is 0.706. The van der Waals surface area contributed by atoms with Gasteiger partial charge < -0.3 is 9.11 Å². The van der Waals surface area contributed by atoms with Gasteiger partial charge in [0.2, 0.25) is 0 Å². The summed E-state index contributed by atoms with van der Waals surface area (Å²) in [6, 6.07) is 18.7. The van der Waals surface area contributed by atoms with Crippen LogP contribution >= 0.6 is 0 Å². The smallest absolute Gasteiger partial charge is 0.744 e. The molecule has 0 amide bonds. The fourth-order valence-corrected chi connectivity index (χ4v) is 13.0. The molecule has 432 valence electrons. The van der Waals surface area contributed by atoms with Gasteiger partial charge in [0, 0.05) is 0 Å². The van der Waals surface area contributed by atoms with Crippen molar-refractivity contribution in [1.82, 2.24) is 0 Å². The quantitative estimate of drug-likeness (QED) is 0.0247. The predicted molar refractivity (Wildman–Crippen MR) is 332 cm³/mol. The molecule has 0 radical (unpaired) electrons. The minimum Gasteiger partial charge on any atom is -0.744 e. The second-order valence-corrected chi connectivity index (χ2v) is 25.4. The van der Waals surface area contributed by atoms with Crippen LogP contribution in [0.15, 0.2) is 70.5 Å². The molecule has 0 aliphatic heterocycles. The van der Waals surface area contributed by atoms with Gasteiger partial charge in [-0.15, -0.1) is 0 Å². The second-order valence-electron chi connectivity index (χ2n) is 22.8. The molecule has 0 unspecified atom stereocenters. The van der Waals surface area contributed by atoms with Gasteiger partial charge in [0.25, 0.3) is 0 Å². The normalized spacial score (nSPS) is 11.8. The number of hydrogen-bond donors (Lipinski definition) is 0. The maximum atomic E-state index is 12.1. The SMILES string of the molecule is CCCCCCCCCCCCc1cc(S(=O)(=O)[O-])c2ccccc2c1CCCCCCCCCCCC.CCCCCCCCCCCCc1cc(S(=O)(=O)[O-])c2ccccc2c1CCCCCCCCCCCC.[Ca+2]. The van der Waals surface area contributed by atoms with Crippen LogP contribution in [-0.4, -0.2) is 63.7 Å². The molecule has 0 aliphatic carbocycles. The third-order valence-corrected chi connectivity index (χ3v) is 17.9. The molecule has 0 N–H and O–H groups in total. The monoisotopic (exact) mass is 1130 g/mol. The molecule has 0 aromatic heterocycles. The summed E-state index contributed by atoms with van der Waals surface area (Å²) in [6.07, 6.45) is 55.3. The zero-order valence-corrected chi connectivity index (χ0v) is 53.7. The van der Waals surface area contributed by atoms with Crippen molar-refractivity contribution in [2.75, 3.05) is 0 Å². The molecule has 0 fully saturated rings. The topological polar surface area (TPSA) is 114 Å². The van der Waals surface area contributed by atoms with Gasteiger partial charge in [0.1, 0.15) is 20.2 Å². The van der Waals surface area contributed by atoms with Crippen molar-refractivity contribution in [3.05, 3.63) is 82.9 Å². The number of rotatable bonds is 46. The van der Waals surface area contributed by atoms with Crippen LogP contribution < -0.4 is 0 Å². The number of hydrogen-bond acceptors (Lipinski definition) is 6. The summed E-state index contributed by atoms with van der Waals surface area (Å²) >= 11 is 0. The van der Waals surface area contributed by atoms with E-state index in [1.807, 2.05) is 36.4 Å². The Morgan fingerprint density at radius 3 is 0.701 bits per heavy atom. The first-order chi connectivity index (χ1) is 37.0. The zero-order valence-electron chi connectivity index (χ0n) is 49.9. The molecule has 4 rings (SSSR count). The molecular weight excluding hydrogens is 1020 g/mol. The molecular formula is C68H110CaO6S2. The molecule has 0 saturated heterocycles. The minimum atomic E-state index is -4.52. The Hall–Kier alpha value is -1.52. The van der Waals surface area contributed by atoms with Crippen LogP contribution in [0.4, 0.5) is 0 Å². The first-order valence-electron chi connectivity index (χ1n) is 32.0. The Labute approximate surface area is 504 Å². The standard InChI is InChI=1S/2C34H56O3S.Ca/c2*1-3-5-7-9-11-13-15-17-19-21-25-30-29-34(38(35,36)37)33-28-24-23-27-32(33)31(30)26-22-20-18-16-14-12-10-8-6-4-2;/h2*23-24,27-29H,3-22,25-26H2,1-2H3,(H,35,36,37);/q;;+2/p-2. The van der Waals surface area contributed by atoms with Gasteiger partial charge in [-0.3, -0.25) is 0 Å². The fourth-order valence-electron chi connectivity index (χ4n) is 11.5. The number of unbranched alkanes of at least 4 members (excludes halogenated alkanes) is 36. The number of aryl methyl sites for hydroxylation is 4. The summed E-state index contributed by atoms with van der Waals surface area (Å²) in [6.45, 7) is 9.04. The van der Waals surface area contributed by atoms with Gasteiger partial charge in [-0.2, -0.15) is 0 Å². The van der Waals surface area contributed by atoms with Gasteiger partial charge in [0.05, 0.1) is 9.79 Å². The molecule has 0 aliphatic rings. The van der Waals surface area contributed by atoms with E-state index in [9.17, 15) is 25.9 Å². The van der Waals surface area contributed by atoms with Crippen LogP contribution in [0.1, 0.15) is 307 Å². The van der Waals surface area contributed by atoms with E-state index < -0.39 is 20.2 Å². The average molecular weight is 1130 g/mol. The van der Waals surface area contributed by atoms with Gasteiger partial charge in [-0.1, -0.05) is 307 Å². The molecule has 4 aromatic carbocycles. The first kappa shape index (κ1) is 71.6. The largest absolute Gasteiger partial charge is 2.00 e. The maximum Gasteiger partial charge on any atom is 2.00 e. The van der Waals surface area contributed by atoms with E-state index in [-0.39, 0.29) is 47.5 Å². The second kappa shape index (κ2) is 45.1. The van der Waals surface area contributed by atoms with E-state index in [0.29, 0.717) is 10.8 Å². The summed E-state index contributed by atoms with van der Waals surface area (Å²) in [7, 11) is -9.03. The predicted octanol–water partition coefficient (Wildman–Crippen LogP) is 21.0. The van der Waals surface area contributed by atoms with Crippen molar-refractivity contribution in [3.63, 3.8) is 0 Å². The Balaban J connectivity index is 0.000000520. The first-order valence-corrected chi connectivity index (χ1v) is 34.8. The van der Waals surface area contributed by atoms with Crippen molar-refractivity contribution in [2.24, 2.45) is 0 Å². The Morgan fingerprint density at radius 1 is 0.286 bits per heavy atom. The van der Waals surface area contributed by atoms with E-state index in [1.165, 1.54) is 242 Å². The molecule has 0 heterocycles. The van der Waals surface area contributed by atoms with Crippen LogP contribution in [0.2, 0.25) is 0 Å². The van der Waals surface area contributed by atoms with Gasteiger partial charge in [-0.05, 0) is 107 Å². The average Bonchev–Trinajstić information content (AvgIpc) is 3.43. The molecule has 77 heavy (non-hydrogen) atoms. The number of fused-ring (bicyclic) bond motifs is 2.